The summed E-state index contributed by atoms with van der Waals surface area (Å²) < 4.78 is 1.52. The van der Waals surface area contributed by atoms with E-state index in [4.69, 9.17) is 0 Å². The molecule has 3 rings (SSSR count). The maximum absolute atomic E-state index is 11.6. The number of nitrogens with zero attached hydrogens (tertiary/aromatic N) is 5. The third kappa shape index (κ3) is 1.77. The van der Waals surface area contributed by atoms with E-state index < -0.39 is 0 Å². The Kier molecular flexibility index (Phi) is 2.32. The lowest BCUT2D eigenvalue weighted by Crippen LogP contribution is -2.44. The molecule has 1 unspecified atom stereocenters. The molecule has 0 aliphatic carbocycles. The van der Waals surface area contributed by atoms with E-state index in [0.29, 0.717) is 11.5 Å². The molecule has 88 valence electrons. The van der Waals surface area contributed by atoms with Crippen LogP contribution in [0.15, 0.2) is 12.4 Å². The van der Waals surface area contributed by atoms with Gasteiger partial charge < -0.3 is 10.6 Å². The van der Waals surface area contributed by atoms with Crippen LogP contribution in [0.2, 0.25) is 0 Å². The van der Waals surface area contributed by atoms with Gasteiger partial charge in [0.2, 0.25) is 5.91 Å². The molecular weight excluding hydrogens is 222 g/mol. The van der Waals surface area contributed by atoms with Crippen LogP contribution in [0.1, 0.15) is 12.8 Å². The van der Waals surface area contributed by atoms with Crippen molar-refractivity contribution in [2.24, 2.45) is 0 Å². The van der Waals surface area contributed by atoms with Gasteiger partial charge in [0, 0.05) is 6.54 Å². The van der Waals surface area contributed by atoms with Crippen LogP contribution in [-0.2, 0) is 4.79 Å². The molecule has 17 heavy (non-hydrogen) atoms. The number of fused-ring (bicyclic) bond motifs is 1. The molecule has 2 aromatic heterocycles. The van der Waals surface area contributed by atoms with Gasteiger partial charge in [0.05, 0.1) is 12.4 Å². The van der Waals surface area contributed by atoms with Crippen molar-refractivity contribution in [3.8, 4) is 0 Å². The SMILES string of the molecule is O=C1NCCCC1Nc1cncc2nnnn12. The molecule has 0 aromatic carbocycles. The maximum Gasteiger partial charge on any atom is 0.242 e. The molecule has 1 fully saturated rings. The highest BCUT2D eigenvalue weighted by atomic mass is 16.2. The zero-order valence-electron chi connectivity index (χ0n) is 9.00. The fraction of sp³-hybridized carbons (Fsp3) is 0.444. The first-order valence-electron chi connectivity index (χ1n) is 5.41. The third-order valence-corrected chi connectivity index (χ3v) is 2.72. The minimum atomic E-state index is -0.250. The van der Waals surface area contributed by atoms with Crippen LogP contribution in [0.3, 0.4) is 0 Å². The summed E-state index contributed by atoms with van der Waals surface area (Å²) >= 11 is 0. The number of hydrogen-bond donors (Lipinski definition) is 2. The predicted molar refractivity (Wildman–Crippen MR) is 58.2 cm³/mol. The van der Waals surface area contributed by atoms with Crippen LogP contribution in [-0.4, -0.2) is 43.5 Å². The first-order chi connectivity index (χ1) is 8.34. The summed E-state index contributed by atoms with van der Waals surface area (Å²) in [6.45, 7) is 0.740. The molecule has 3 heterocycles. The molecular formula is C9H11N7O. The van der Waals surface area contributed by atoms with Gasteiger partial charge in [-0.15, -0.1) is 5.10 Å². The van der Waals surface area contributed by atoms with Crippen molar-refractivity contribution in [3.05, 3.63) is 12.4 Å². The Labute approximate surface area is 96.4 Å². The van der Waals surface area contributed by atoms with Crippen LogP contribution >= 0.6 is 0 Å². The number of rotatable bonds is 2. The first-order valence-corrected chi connectivity index (χ1v) is 5.41. The molecule has 1 amide bonds. The van der Waals surface area contributed by atoms with Crippen molar-refractivity contribution >= 4 is 17.4 Å². The highest BCUT2D eigenvalue weighted by molar-refractivity contribution is 5.85. The highest BCUT2D eigenvalue weighted by Crippen LogP contribution is 2.12. The average molecular weight is 233 g/mol. The van der Waals surface area contributed by atoms with Gasteiger partial charge in [-0.2, -0.15) is 4.52 Å². The fourth-order valence-corrected chi connectivity index (χ4v) is 1.86. The van der Waals surface area contributed by atoms with Gasteiger partial charge in [0.25, 0.3) is 0 Å². The van der Waals surface area contributed by atoms with E-state index in [9.17, 15) is 4.79 Å². The fourth-order valence-electron chi connectivity index (χ4n) is 1.86. The van der Waals surface area contributed by atoms with Gasteiger partial charge in [-0.3, -0.25) is 9.78 Å². The number of aromatic nitrogens is 5. The Bertz CT molecular complexity index is 551. The van der Waals surface area contributed by atoms with E-state index in [1.165, 1.54) is 4.52 Å². The van der Waals surface area contributed by atoms with Crippen molar-refractivity contribution in [2.75, 3.05) is 11.9 Å². The van der Waals surface area contributed by atoms with Gasteiger partial charge in [0.1, 0.15) is 6.04 Å². The molecule has 0 bridgehead atoms. The van der Waals surface area contributed by atoms with E-state index in [1.54, 1.807) is 12.4 Å². The zero-order valence-corrected chi connectivity index (χ0v) is 9.00. The maximum atomic E-state index is 11.6. The average Bonchev–Trinajstić information content (AvgIpc) is 2.81. The first kappa shape index (κ1) is 9.94. The summed E-state index contributed by atoms with van der Waals surface area (Å²) in [6, 6.07) is -0.250. The summed E-state index contributed by atoms with van der Waals surface area (Å²) in [5, 5.41) is 17.1. The number of amides is 1. The van der Waals surface area contributed by atoms with Crippen molar-refractivity contribution < 1.29 is 4.79 Å². The van der Waals surface area contributed by atoms with Crippen LogP contribution in [0.4, 0.5) is 5.82 Å². The Morgan fingerprint density at radius 3 is 3.29 bits per heavy atom. The molecule has 2 aromatic rings. The number of tetrazole rings is 1. The van der Waals surface area contributed by atoms with E-state index in [-0.39, 0.29) is 11.9 Å². The zero-order chi connectivity index (χ0) is 11.7. The summed E-state index contributed by atoms with van der Waals surface area (Å²) in [6.07, 6.45) is 4.92. The molecule has 0 spiro atoms. The molecule has 1 aliphatic rings. The largest absolute Gasteiger partial charge is 0.357 e. The van der Waals surface area contributed by atoms with Gasteiger partial charge in [-0.05, 0) is 23.3 Å². The summed E-state index contributed by atoms with van der Waals surface area (Å²) in [5.74, 6) is 0.621. The van der Waals surface area contributed by atoms with Crippen LogP contribution in [0, 0.1) is 0 Å². The third-order valence-electron chi connectivity index (χ3n) is 2.72. The number of piperidine rings is 1. The van der Waals surface area contributed by atoms with E-state index in [2.05, 4.69) is 31.1 Å². The number of carbonyl (C=O) groups excluding carboxylic acids is 1. The molecule has 0 saturated carbocycles. The minimum Gasteiger partial charge on any atom is -0.357 e. The normalized spacial score (nSPS) is 20.2. The second-order valence-electron chi connectivity index (χ2n) is 3.87. The van der Waals surface area contributed by atoms with Crippen molar-refractivity contribution in [3.63, 3.8) is 0 Å². The molecule has 1 saturated heterocycles. The van der Waals surface area contributed by atoms with E-state index in [1.807, 2.05) is 0 Å². The predicted octanol–water partition coefficient (Wildman–Crippen LogP) is -0.790. The molecule has 1 atom stereocenters. The van der Waals surface area contributed by atoms with Crippen molar-refractivity contribution in [2.45, 2.75) is 18.9 Å². The summed E-state index contributed by atoms with van der Waals surface area (Å²) in [4.78, 5) is 15.6. The van der Waals surface area contributed by atoms with Crippen LogP contribution in [0.25, 0.3) is 5.65 Å². The molecule has 2 N–H and O–H groups in total. The summed E-state index contributed by atoms with van der Waals surface area (Å²) in [5.41, 5.74) is 0.547. The summed E-state index contributed by atoms with van der Waals surface area (Å²) in [7, 11) is 0. The smallest absolute Gasteiger partial charge is 0.242 e. The van der Waals surface area contributed by atoms with Gasteiger partial charge >= 0.3 is 0 Å². The van der Waals surface area contributed by atoms with Crippen LogP contribution in [0.5, 0.6) is 0 Å². The van der Waals surface area contributed by atoms with Crippen LogP contribution < -0.4 is 10.6 Å². The van der Waals surface area contributed by atoms with Crippen molar-refractivity contribution in [1.82, 2.24) is 30.3 Å². The van der Waals surface area contributed by atoms with E-state index in [0.717, 1.165) is 19.4 Å². The Morgan fingerprint density at radius 1 is 1.47 bits per heavy atom. The number of anilines is 1. The standard InChI is InChI=1S/C9H11N7O/c17-9-6(2-1-3-11-9)12-7-4-10-5-8-13-14-15-16(7)8/h4-6,12H,1-3H2,(H,11,17). The molecule has 1 aliphatic heterocycles. The van der Waals surface area contributed by atoms with E-state index >= 15 is 0 Å². The lowest BCUT2D eigenvalue weighted by molar-refractivity contribution is -0.123. The Balaban J connectivity index is 1.89. The second kappa shape index (κ2) is 3.96. The Hall–Kier alpha value is -2.25. The van der Waals surface area contributed by atoms with Gasteiger partial charge in [0.15, 0.2) is 11.5 Å². The number of nitrogens with one attached hydrogen (secondary N) is 2. The quantitative estimate of drug-likeness (QED) is 0.705. The number of carbonyl (C=O) groups is 1. The molecule has 8 nitrogen and oxygen atoms in total. The molecule has 8 heteroatoms. The Morgan fingerprint density at radius 2 is 2.41 bits per heavy atom. The molecule has 0 radical (unpaired) electrons. The highest BCUT2D eigenvalue weighted by Gasteiger charge is 2.22. The van der Waals surface area contributed by atoms with Gasteiger partial charge in [-0.1, -0.05) is 0 Å². The minimum absolute atomic E-state index is 0.00123. The number of hydrogen-bond acceptors (Lipinski definition) is 6. The monoisotopic (exact) mass is 233 g/mol. The van der Waals surface area contributed by atoms with Gasteiger partial charge in [-0.25, -0.2) is 0 Å². The second-order valence-corrected chi connectivity index (χ2v) is 3.87. The topological polar surface area (TPSA) is 97.1 Å². The lowest BCUT2D eigenvalue weighted by Gasteiger charge is -2.23. The lowest BCUT2D eigenvalue weighted by atomic mass is 10.1. The van der Waals surface area contributed by atoms with Crippen molar-refractivity contribution in [1.29, 1.82) is 0 Å².